The second kappa shape index (κ2) is 9.16. The van der Waals surface area contributed by atoms with Gasteiger partial charge in [0.2, 0.25) is 0 Å². The van der Waals surface area contributed by atoms with E-state index in [9.17, 15) is 10.2 Å². The van der Waals surface area contributed by atoms with Crippen molar-refractivity contribution in [1.82, 2.24) is 0 Å². The number of nitrogens with zero attached hydrogens (tertiary/aromatic N) is 1. The molecule has 3 nitrogen and oxygen atoms in total. The number of unbranched alkanes of at least 4 members (excludes halogenated alkanes) is 5. The monoisotopic (exact) mass is 305 g/mol. The van der Waals surface area contributed by atoms with Gasteiger partial charge >= 0.3 is 0 Å². The molecule has 0 bridgehead atoms. The van der Waals surface area contributed by atoms with Gasteiger partial charge in [0, 0.05) is 24.3 Å². The number of aliphatic hydroxyl groups excluding tert-OH is 1. The number of anilines is 1. The molecule has 1 fully saturated rings. The summed E-state index contributed by atoms with van der Waals surface area (Å²) in [5.74, 6) is 0. The van der Waals surface area contributed by atoms with Crippen LogP contribution in [0.3, 0.4) is 0 Å². The van der Waals surface area contributed by atoms with Crippen LogP contribution in [0.1, 0.15) is 75.7 Å². The third-order valence-electron chi connectivity index (χ3n) is 4.68. The molecule has 0 aliphatic carbocycles. The highest BCUT2D eigenvalue weighted by molar-refractivity contribution is 5.58. The van der Waals surface area contributed by atoms with Crippen molar-refractivity contribution in [3.05, 3.63) is 29.3 Å². The third kappa shape index (κ3) is 4.72. The Morgan fingerprint density at radius 1 is 1.00 bits per heavy atom. The zero-order valence-electron chi connectivity index (χ0n) is 13.9. The first-order valence-corrected chi connectivity index (χ1v) is 8.97. The fraction of sp³-hybridized carbons (Fsp3) is 0.684. The molecule has 0 amide bonds. The SMILES string of the molecule is CCCCCCCCc1cccc(N2CCCC2)c1C(O)O. The lowest BCUT2D eigenvalue weighted by Gasteiger charge is -2.24. The first-order chi connectivity index (χ1) is 10.7. The highest BCUT2D eigenvalue weighted by atomic mass is 16.5. The lowest BCUT2D eigenvalue weighted by molar-refractivity contribution is -0.0427. The summed E-state index contributed by atoms with van der Waals surface area (Å²) >= 11 is 0. The van der Waals surface area contributed by atoms with E-state index < -0.39 is 6.29 Å². The number of hydrogen-bond donors (Lipinski definition) is 2. The summed E-state index contributed by atoms with van der Waals surface area (Å²) in [7, 11) is 0. The van der Waals surface area contributed by atoms with Crippen LogP contribution in [-0.4, -0.2) is 23.3 Å². The quantitative estimate of drug-likeness (QED) is 0.531. The molecule has 1 aromatic rings. The minimum atomic E-state index is -1.37. The number of aliphatic hydroxyl groups is 2. The highest BCUT2D eigenvalue weighted by Crippen LogP contribution is 2.32. The molecule has 1 aliphatic heterocycles. The summed E-state index contributed by atoms with van der Waals surface area (Å²) in [6.45, 7) is 4.29. The van der Waals surface area contributed by atoms with E-state index in [0.717, 1.165) is 42.7 Å². The molecule has 1 heterocycles. The van der Waals surface area contributed by atoms with E-state index in [1.165, 1.54) is 44.9 Å². The van der Waals surface area contributed by atoms with Crippen LogP contribution in [0, 0.1) is 0 Å². The van der Waals surface area contributed by atoms with Crippen molar-refractivity contribution >= 4 is 5.69 Å². The Hall–Kier alpha value is -1.06. The van der Waals surface area contributed by atoms with Gasteiger partial charge < -0.3 is 15.1 Å². The van der Waals surface area contributed by atoms with Crippen LogP contribution in [0.5, 0.6) is 0 Å². The average molecular weight is 305 g/mol. The van der Waals surface area contributed by atoms with Gasteiger partial charge in [-0.25, -0.2) is 0 Å². The third-order valence-corrected chi connectivity index (χ3v) is 4.68. The molecule has 0 saturated carbocycles. The molecule has 1 aromatic carbocycles. The molecule has 2 rings (SSSR count). The average Bonchev–Trinajstić information content (AvgIpc) is 3.04. The molecular formula is C19H31NO2. The summed E-state index contributed by atoms with van der Waals surface area (Å²) in [5.41, 5.74) is 2.86. The van der Waals surface area contributed by atoms with E-state index in [-0.39, 0.29) is 0 Å². The maximum Gasteiger partial charge on any atom is 0.180 e. The van der Waals surface area contributed by atoms with Crippen LogP contribution >= 0.6 is 0 Å². The van der Waals surface area contributed by atoms with Crippen molar-refractivity contribution in [3.8, 4) is 0 Å². The Kier molecular flexibility index (Phi) is 7.20. The molecule has 3 heteroatoms. The van der Waals surface area contributed by atoms with Crippen molar-refractivity contribution in [2.45, 2.75) is 71.0 Å². The molecule has 22 heavy (non-hydrogen) atoms. The molecule has 2 N–H and O–H groups in total. The lowest BCUT2D eigenvalue weighted by Crippen LogP contribution is -2.21. The minimum Gasteiger partial charge on any atom is -0.371 e. The Morgan fingerprint density at radius 2 is 1.68 bits per heavy atom. The van der Waals surface area contributed by atoms with Crippen molar-refractivity contribution < 1.29 is 10.2 Å². The predicted molar refractivity (Wildman–Crippen MR) is 92.1 cm³/mol. The fourth-order valence-electron chi connectivity index (χ4n) is 3.45. The van der Waals surface area contributed by atoms with Crippen LogP contribution in [0.25, 0.3) is 0 Å². The van der Waals surface area contributed by atoms with E-state index >= 15 is 0 Å². The minimum absolute atomic E-state index is 0.734. The van der Waals surface area contributed by atoms with Crippen LogP contribution in [0.4, 0.5) is 5.69 Å². The number of rotatable bonds is 9. The molecule has 0 atom stereocenters. The summed E-state index contributed by atoms with van der Waals surface area (Å²) in [6, 6.07) is 6.15. The summed E-state index contributed by atoms with van der Waals surface area (Å²) in [6.07, 6.45) is 9.54. The lowest BCUT2D eigenvalue weighted by atomic mass is 9.98. The Balaban J connectivity index is 1.99. The molecule has 0 spiro atoms. The second-order valence-electron chi connectivity index (χ2n) is 6.44. The van der Waals surface area contributed by atoms with E-state index in [0.29, 0.717) is 0 Å². The van der Waals surface area contributed by atoms with Gasteiger partial charge in [0.1, 0.15) is 0 Å². The van der Waals surface area contributed by atoms with Crippen LogP contribution in [0.15, 0.2) is 18.2 Å². The molecule has 0 radical (unpaired) electrons. The van der Waals surface area contributed by atoms with Crippen molar-refractivity contribution in [2.24, 2.45) is 0 Å². The van der Waals surface area contributed by atoms with E-state index in [4.69, 9.17) is 0 Å². The Morgan fingerprint density at radius 3 is 2.36 bits per heavy atom. The van der Waals surface area contributed by atoms with Gasteiger partial charge in [0.15, 0.2) is 6.29 Å². The highest BCUT2D eigenvalue weighted by Gasteiger charge is 2.21. The normalized spacial score (nSPS) is 15.0. The number of aryl methyl sites for hydroxylation is 1. The van der Waals surface area contributed by atoms with Crippen molar-refractivity contribution in [3.63, 3.8) is 0 Å². The second-order valence-corrected chi connectivity index (χ2v) is 6.44. The van der Waals surface area contributed by atoms with Gasteiger partial charge in [-0.15, -0.1) is 0 Å². The van der Waals surface area contributed by atoms with Gasteiger partial charge in [-0.2, -0.15) is 0 Å². The molecule has 0 aromatic heterocycles. The number of hydrogen-bond acceptors (Lipinski definition) is 3. The van der Waals surface area contributed by atoms with Gasteiger partial charge in [-0.1, -0.05) is 51.2 Å². The molecule has 0 unspecified atom stereocenters. The Labute approximate surface area is 135 Å². The van der Waals surface area contributed by atoms with Gasteiger partial charge in [-0.3, -0.25) is 0 Å². The summed E-state index contributed by atoms with van der Waals surface area (Å²) in [4.78, 5) is 2.29. The van der Waals surface area contributed by atoms with Crippen LogP contribution in [-0.2, 0) is 6.42 Å². The largest absolute Gasteiger partial charge is 0.371 e. The first kappa shape index (κ1) is 17.3. The van der Waals surface area contributed by atoms with Crippen LogP contribution < -0.4 is 4.90 Å². The zero-order valence-corrected chi connectivity index (χ0v) is 13.9. The summed E-state index contributed by atoms with van der Waals surface area (Å²) < 4.78 is 0. The van der Waals surface area contributed by atoms with Gasteiger partial charge in [0.05, 0.1) is 0 Å². The number of benzene rings is 1. The van der Waals surface area contributed by atoms with E-state index in [1.54, 1.807) is 0 Å². The predicted octanol–water partition coefficient (Wildman–Crippen LogP) is 4.17. The van der Waals surface area contributed by atoms with Gasteiger partial charge in [0.25, 0.3) is 0 Å². The zero-order chi connectivity index (χ0) is 15.8. The maximum absolute atomic E-state index is 9.85. The molecular weight excluding hydrogens is 274 g/mol. The first-order valence-electron chi connectivity index (χ1n) is 8.97. The molecule has 1 saturated heterocycles. The fourth-order valence-corrected chi connectivity index (χ4v) is 3.45. The van der Waals surface area contributed by atoms with Crippen molar-refractivity contribution in [2.75, 3.05) is 18.0 Å². The Bertz CT molecular complexity index is 439. The molecule has 124 valence electrons. The van der Waals surface area contributed by atoms with Crippen molar-refractivity contribution in [1.29, 1.82) is 0 Å². The van der Waals surface area contributed by atoms with E-state index in [1.807, 2.05) is 6.07 Å². The maximum atomic E-state index is 9.85. The smallest absolute Gasteiger partial charge is 0.180 e. The molecule has 1 aliphatic rings. The topological polar surface area (TPSA) is 43.7 Å². The van der Waals surface area contributed by atoms with Gasteiger partial charge in [-0.05, 0) is 37.3 Å². The van der Waals surface area contributed by atoms with Crippen LogP contribution in [0.2, 0.25) is 0 Å². The standard InChI is InChI=1S/C19H31NO2/c1-2-3-4-5-6-7-11-16-12-10-13-17(18(16)19(21)22)20-14-8-9-15-20/h10,12-13,19,21-22H,2-9,11,14-15H2,1H3. The summed E-state index contributed by atoms with van der Waals surface area (Å²) in [5, 5.41) is 19.7. The van der Waals surface area contributed by atoms with E-state index in [2.05, 4.69) is 24.0 Å².